The van der Waals surface area contributed by atoms with E-state index in [0.717, 1.165) is 29.3 Å². The van der Waals surface area contributed by atoms with Gasteiger partial charge >= 0.3 is 0 Å². The monoisotopic (exact) mass is 306 g/mol. The van der Waals surface area contributed by atoms with Crippen molar-refractivity contribution in [1.29, 1.82) is 0 Å². The van der Waals surface area contributed by atoms with Crippen molar-refractivity contribution in [2.75, 3.05) is 12.9 Å². The van der Waals surface area contributed by atoms with E-state index in [-0.39, 0.29) is 17.2 Å². The van der Waals surface area contributed by atoms with Crippen molar-refractivity contribution in [2.45, 2.75) is 11.7 Å². The van der Waals surface area contributed by atoms with E-state index in [0.29, 0.717) is 11.7 Å². The van der Waals surface area contributed by atoms with Crippen LogP contribution < -0.4 is 15.6 Å². The molecule has 0 unspecified atom stereocenters. The highest BCUT2D eigenvalue weighted by molar-refractivity contribution is 7.99. The standard InChI is InChI=1S/C13H14N4O3S/c1-20-10-4-2-9(3-5-10)6-14-12(19)8-21-13-16-11(18)7-15-17-13/h2-5,7H,6,8H2,1H3,(H,14,19)(H,16,17,18). The molecule has 1 amide bonds. The molecule has 1 heterocycles. The van der Waals surface area contributed by atoms with Crippen LogP contribution in [0, 0.1) is 0 Å². The Hall–Kier alpha value is -2.35. The Bertz CT molecular complexity index is 657. The van der Waals surface area contributed by atoms with E-state index < -0.39 is 0 Å². The number of ether oxygens (including phenoxy) is 1. The minimum absolute atomic E-state index is 0.151. The van der Waals surface area contributed by atoms with Crippen molar-refractivity contribution in [3.05, 3.63) is 46.4 Å². The summed E-state index contributed by atoms with van der Waals surface area (Å²) in [6.07, 6.45) is 1.08. The third-order valence-corrected chi connectivity index (χ3v) is 3.41. The first-order valence-electron chi connectivity index (χ1n) is 6.12. The first kappa shape index (κ1) is 15.0. The first-order chi connectivity index (χ1) is 10.2. The lowest BCUT2D eigenvalue weighted by atomic mass is 10.2. The summed E-state index contributed by atoms with van der Waals surface area (Å²) in [7, 11) is 1.60. The quantitative estimate of drug-likeness (QED) is 0.758. The van der Waals surface area contributed by atoms with E-state index in [2.05, 4.69) is 20.5 Å². The Kier molecular flexibility index (Phi) is 5.33. The van der Waals surface area contributed by atoms with Crippen molar-refractivity contribution in [3.63, 3.8) is 0 Å². The molecule has 2 N–H and O–H groups in total. The third kappa shape index (κ3) is 4.92. The van der Waals surface area contributed by atoms with E-state index >= 15 is 0 Å². The fourth-order valence-corrected chi connectivity index (χ4v) is 2.14. The molecule has 0 saturated heterocycles. The molecule has 0 fully saturated rings. The molecule has 0 saturated carbocycles. The fraction of sp³-hybridized carbons (Fsp3) is 0.231. The van der Waals surface area contributed by atoms with Crippen LogP contribution in [0.1, 0.15) is 5.56 Å². The molecule has 110 valence electrons. The van der Waals surface area contributed by atoms with Crippen LogP contribution in [0.4, 0.5) is 0 Å². The van der Waals surface area contributed by atoms with Gasteiger partial charge in [0.15, 0.2) is 5.16 Å². The molecular weight excluding hydrogens is 292 g/mol. The smallest absolute Gasteiger partial charge is 0.270 e. The number of aromatic amines is 1. The molecule has 0 atom stereocenters. The fourth-order valence-electron chi connectivity index (χ4n) is 1.49. The van der Waals surface area contributed by atoms with Crippen molar-refractivity contribution < 1.29 is 9.53 Å². The number of nitrogens with zero attached hydrogens (tertiary/aromatic N) is 2. The molecule has 0 aliphatic carbocycles. The van der Waals surface area contributed by atoms with Gasteiger partial charge in [-0.05, 0) is 17.7 Å². The zero-order chi connectivity index (χ0) is 15.1. The maximum absolute atomic E-state index is 11.7. The largest absolute Gasteiger partial charge is 0.497 e. The second kappa shape index (κ2) is 7.44. The normalized spacial score (nSPS) is 10.1. The third-order valence-electron chi connectivity index (χ3n) is 2.54. The maximum atomic E-state index is 11.7. The van der Waals surface area contributed by atoms with Crippen molar-refractivity contribution in [1.82, 2.24) is 20.5 Å². The van der Waals surface area contributed by atoms with E-state index in [1.807, 2.05) is 24.3 Å². The number of hydrogen-bond donors (Lipinski definition) is 2. The van der Waals surface area contributed by atoms with Crippen LogP contribution in [-0.2, 0) is 11.3 Å². The number of rotatable bonds is 6. The number of carbonyl (C=O) groups excluding carboxylic acids is 1. The summed E-state index contributed by atoms with van der Waals surface area (Å²) in [6, 6.07) is 7.43. The number of benzene rings is 1. The SMILES string of the molecule is COc1ccc(CNC(=O)CSc2nncc(=O)[nH]2)cc1. The second-order valence-electron chi connectivity index (χ2n) is 4.05. The van der Waals surface area contributed by atoms with Crippen LogP contribution in [0.25, 0.3) is 0 Å². The zero-order valence-corrected chi connectivity index (χ0v) is 12.1. The summed E-state index contributed by atoms with van der Waals surface area (Å²) >= 11 is 1.12. The molecule has 2 aromatic rings. The Balaban J connectivity index is 1.78. The molecule has 8 heteroatoms. The molecule has 2 rings (SSSR count). The average molecular weight is 306 g/mol. The van der Waals surface area contributed by atoms with Crippen LogP contribution in [0.15, 0.2) is 40.4 Å². The summed E-state index contributed by atoms with van der Waals surface area (Å²) in [5.74, 6) is 0.777. The minimum atomic E-state index is -0.342. The molecule has 0 spiro atoms. The topological polar surface area (TPSA) is 97.0 Å². The molecule has 0 radical (unpaired) electrons. The number of amides is 1. The maximum Gasteiger partial charge on any atom is 0.270 e. The van der Waals surface area contributed by atoms with Crippen LogP contribution >= 0.6 is 11.8 Å². The zero-order valence-electron chi connectivity index (χ0n) is 11.3. The summed E-state index contributed by atoms with van der Waals surface area (Å²) in [4.78, 5) is 25.2. The highest BCUT2D eigenvalue weighted by atomic mass is 32.2. The number of nitrogens with one attached hydrogen (secondary N) is 2. The Morgan fingerprint density at radius 2 is 2.14 bits per heavy atom. The number of aromatic nitrogens is 3. The lowest BCUT2D eigenvalue weighted by molar-refractivity contribution is -0.118. The van der Waals surface area contributed by atoms with Gasteiger partial charge < -0.3 is 10.1 Å². The summed E-state index contributed by atoms with van der Waals surface area (Å²) in [6.45, 7) is 0.431. The van der Waals surface area contributed by atoms with Gasteiger partial charge in [0.25, 0.3) is 5.56 Å². The molecule has 7 nitrogen and oxygen atoms in total. The first-order valence-corrected chi connectivity index (χ1v) is 7.10. The molecule has 21 heavy (non-hydrogen) atoms. The Morgan fingerprint density at radius 1 is 1.38 bits per heavy atom. The van der Waals surface area contributed by atoms with Crippen molar-refractivity contribution in [3.8, 4) is 5.75 Å². The van der Waals surface area contributed by atoms with Gasteiger partial charge in [-0.2, -0.15) is 5.10 Å². The van der Waals surface area contributed by atoms with E-state index in [1.54, 1.807) is 7.11 Å². The minimum Gasteiger partial charge on any atom is -0.497 e. The Morgan fingerprint density at radius 3 is 2.81 bits per heavy atom. The number of thioether (sulfide) groups is 1. The lowest BCUT2D eigenvalue weighted by Crippen LogP contribution is -2.24. The predicted octanol–water partition coefficient (Wildman–Crippen LogP) is 0.582. The van der Waals surface area contributed by atoms with Gasteiger partial charge in [0.1, 0.15) is 11.9 Å². The van der Waals surface area contributed by atoms with Gasteiger partial charge in [0.2, 0.25) is 5.91 Å². The van der Waals surface area contributed by atoms with Crippen LogP contribution in [0.3, 0.4) is 0 Å². The van der Waals surface area contributed by atoms with E-state index in [4.69, 9.17) is 4.74 Å². The number of H-pyrrole nitrogens is 1. The predicted molar refractivity (Wildman–Crippen MR) is 78.2 cm³/mol. The number of methoxy groups -OCH3 is 1. The van der Waals surface area contributed by atoms with Gasteiger partial charge in [0.05, 0.1) is 12.9 Å². The van der Waals surface area contributed by atoms with E-state index in [9.17, 15) is 9.59 Å². The Labute approximate surface area is 125 Å². The van der Waals surface area contributed by atoms with E-state index in [1.165, 1.54) is 0 Å². The van der Waals surface area contributed by atoms with Crippen molar-refractivity contribution >= 4 is 17.7 Å². The van der Waals surface area contributed by atoms with Crippen LogP contribution in [0.5, 0.6) is 5.75 Å². The molecule has 1 aromatic carbocycles. The average Bonchev–Trinajstić information content (AvgIpc) is 2.51. The van der Waals surface area contributed by atoms with Gasteiger partial charge in [-0.3, -0.25) is 14.6 Å². The van der Waals surface area contributed by atoms with Gasteiger partial charge in [-0.25, -0.2) is 0 Å². The van der Waals surface area contributed by atoms with Gasteiger partial charge in [-0.1, -0.05) is 23.9 Å². The van der Waals surface area contributed by atoms with Gasteiger partial charge in [0, 0.05) is 6.54 Å². The summed E-state index contributed by atoms with van der Waals surface area (Å²) in [5.41, 5.74) is 0.633. The summed E-state index contributed by atoms with van der Waals surface area (Å²) in [5, 5.41) is 10.3. The molecule has 0 aliphatic heterocycles. The highest BCUT2D eigenvalue weighted by Gasteiger charge is 2.05. The molecule has 1 aromatic heterocycles. The molecular formula is C13H14N4O3S. The lowest BCUT2D eigenvalue weighted by Gasteiger charge is -2.06. The number of carbonyl (C=O) groups is 1. The molecule has 0 aliphatic rings. The molecule has 0 bridgehead atoms. The van der Waals surface area contributed by atoms with Crippen molar-refractivity contribution in [2.24, 2.45) is 0 Å². The highest BCUT2D eigenvalue weighted by Crippen LogP contribution is 2.11. The second-order valence-corrected chi connectivity index (χ2v) is 5.02. The van der Waals surface area contributed by atoms with Crippen LogP contribution in [0.2, 0.25) is 0 Å². The van der Waals surface area contributed by atoms with Gasteiger partial charge in [-0.15, -0.1) is 5.10 Å². The van der Waals surface area contributed by atoms with Crippen LogP contribution in [-0.4, -0.2) is 34.0 Å². The number of hydrogen-bond acceptors (Lipinski definition) is 6. The summed E-state index contributed by atoms with van der Waals surface area (Å²) < 4.78 is 5.06.